The van der Waals surface area contributed by atoms with Gasteiger partial charge in [-0.15, -0.1) is 11.3 Å². The van der Waals surface area contributed by atoms with Crippen molar-refractivity contribution in [3.63, 3.8) is 0 Å². The SMILES string of the molecule is Cc1c(C(N)=O)sc(NC(=O)CN2CCN(C)CC2)c1C(=O)OC(C)C. The molecule has 1 aliphatic rings. The van der Waals surface area contributed by atoms with E-state index in [4.69, 9.17) is 10.5 Å². The third-order valence-electron chi connectivity index (χ3n) is 4.13. The predicted molar refractivity (Wildman–Crippen MR) is 101 cm³/mol. The molecule has 0 unspecified atom stereocenters. The fourth-order valence-corrected chi connectivity index (χ4v) is 3.79. The van der Waals surface area contributed by atoms with E-state index < -0.39 is 11.9 Å². The van der Waals surface area contributed by atoms with Crippen molar-refractivity contribution in [1.82, 2.24) is 9.80 Å². The van der Waals surface area contributed by atoms with Crippen molar-refractivity contribution in [3.8, 4) is 0 Å². The van der Waals surface area contributed by atoms with Crippen LogP contribution in [0.15, 0.2) is 0 Å². The maximum Gasteiger partial charge on any atom is 0.341 e. The third-order valence-corrected chi connectivity index (χ3v) is 5.36. The Balaban J connectivity index is 2.16. The molecule has 0 radical (unpaired) electrons. The molecule has 0 saturated carbocycles. The van der Waals surface area contributed by atoms with E-state index >= 15 is 0 Å². The van der Waals surface area contributed by atoms with E-state index in [1.54, 1.807) is 20.8 Å². The van der Waals surface area contributed by atoms with Gasteiger partial charge in [0.1, 0.15) is 5.00 Å². The molecule has 1 aliphatic heterocycles. The molecule has 0 spiro atoms. The lowest BCUT2D eigenvalue weighted by molar-refractivity contribution is -0.117. The molecule has 2 heterocycles. The first-order valence-electron chi connectivity index (χ1n) is 8.54. The van der Waals surface area contributed by atoms with Gasteiger partial charge in [0.25, 0.3) is 5.91 Å². The van der Waals surface area contributed by atoms with Crippen LogP contribution < -0.4 is 11.1 Å². The molecule has 26 heavy (non-hydrogen) atoms. The minimum Gasteiger partial charge on any atom is -0.459 e. The lowest BCUT2D eigenvalue weighted by atomic mass is 10.1. The molecule has 1 aromatic rings. The minimum absolute atomic E-state index is 0.198. The molecule has 2 rings (SSSR count). The second-order valence-electron chi connectivity index (χ2n) is 6.71. The van der Waals surface area contributed by atoms with Crippen LogP contribution in [0.4, 0.5) is 5.00 Å². The lowest BCUT2D eigenvalue weighted by Gasteiger charge is -2.31. The average Bonchev–Trinajstić information content (AvgIpc) is 2.85. The van der Waals surface area contributed by atoms with Gasteiger partial charge in [0.05, 0.1) is 23.1 Å². The van der Waals surface area contributed by atoms with Gasteiger partial charge < -0.3 is 20.7 Å². The molecular formula is C17H26N4O4S. The average molecular weight is 382 g/mol. The third kappa shape index (κ3) is 5.03. The first-order valence-corrected chi connectivity index (χ1v) is 9.35. The number of nitrogens with one attached hydrogen (secondary N) is 1. The smallest absolute Gasteiger partial charge is 0.341 e. The Morgan fingerprint density at radius 2 is 1.85 bits per heavy atom. The van der Waals surface area contributed by atoms with Crippen LogP contribution in [-0.2, 0) is 9.53 Å². The van der Waals surface area contributed by atoms with Crippen LogP contribution in [0.5, 0.6) is 0 Å². The van der Waals surface area contributed by atoms with Crippen LogP contribution in [0.3, 0.4) is 0 Å². The van der Waals surface area contributed by atoms with Gasteiger partial charge in [-0.05, 0) is 33.4 Å². The van der Waals surface area contributed by atoms with Crippen LogP contribution >= 0.6 is 11.3 Å². The molecule has 0 bridgehead atoms. The fraction of sp³-hybridized carbons (Fsp3) is 0.588. The first kappa shape index (κ1) is 20.3. The first-order chi connectivity index (χ1) is 12.2. The molecule has 1 saturated heterocycles. The fourth-order valence-electron chi connectivity index (χ4n) is 2.73. The molecule has 1 aromatic heterocycles. The molecule has 9 heteroatoms. The second kappa shape index (κ2) is 8.61. The van der Waals surface area contributed by atoms with Crippen LogP contribution in [0.2, 0.25) is 0 Å². The van der Waals surface area contributed by atoms with E-state index in [1.165, 1.54) is 0 Å². The maximum absolute atomic E-state index is 12.4. The van der Waals surface area contributed by atoms with E-state index in [-0.39, 0.29) is 29.0 Å². The topological polar surface area (TPSA) is 105 Å². The highest BCUT2D eigenvalue weighted by Crippen LogP contribution is 2.33. The zero-order chi connectivity index (χ0) is 19.4. The molecule has 144 valence electrons. The number of thiophene rings is 1. The number of nitrogens with zero attached hydrogens (tertiary/aromatic N) is 2. The molecule has 8 nitrogen and oxygen atoms in total. The van der Waals surface area contributed by atoms with Gasteiger partial charge >= 0.3 is 5.97 Å². The van der Waals surface area contributed by atoms with Gasteiger partial charge in [-0.2, -0.15) is 0 Å². The largest absolute Gasteiger partial charge is 0.459 e. The van der Waals surface area contributed by atoms with Crippen LogP contribution in [0.1, 0.15) is 39.4 Å². The molecular weight excluding hydrogens is 356 g/mol. The van der Waals surface area contributed by atoms with E-state index in [0.717, 1.165) is 37.5 Å². The highest BCUT2D eigenvalue weighted by molar-refractivity contribution is 7.18. The number of primary amides is 1. The molecule has 3 N–H and O–H groups in total. The standard InChI is InChI=1S/C17H26N4O4S/c1-10(2)25-17(24)13-11(3)14(15(18)23)26-16(13)19-12(22)9-21-7-5-20(4)6-8-21/h10H,5-9H2,1-4H3,(H2,18,23)(H,19,22). The highest BCUT2D eigenvalue weighted by Gasteiger charge is 2.27. The number of carbonyl (C=O) groups excluding carboxylic acids is 3. The summed E-state index contributed by atoms with van der Waals surface area (Å²) in [5, 5.41) is 3.06. The molecule has 0 aromatic carbocycles. The maximum atomic E-state index is 12.4. The van der Waals surface area contributed by atoms with Gasteiger partial charge in [-0.3, -0.25) is 14.5 Å². The van der Waals surface area contributed by atoms with E-state index in [0.29, 0.717) is 10.6 Å². The van der Waals surface area contributed by atoms with Crippen molar-refractivity contribution in [3.05, 3.63) is 16.0 Å². The Morgan fingerprint density at radius 3 is 2.38 bits per heavy atom. The number of hydrogen-bond donors (Lipinski definition) is 2. The summed E-state index contributed by atoms with van der Waals surface area (Å²) >= 11 is 1.01. The number of hydrogen-bond acceptors (Lipinski definition) is 7. The normalized spacial score (nSPS) is 15.9. The predicted octanol–water partition coefficient (Wildman–Crippen LogP) is 0.907. The van der Waals surface area contributed by atoms with E-state index in [2.05, 4.69) is 15.1 Å². The monoisotopic (exact) mass is 382 g/mol. The molecule has 1 fully saturated rings. The quantitative estimate of drug-likeness (QED) is 0.709. The number of amides is 2. The summed E-state index contributed by atoms with van der Waals surface area (Å²) in [5.74, 6) is -1.44. The molecule has 0 atom stereocenters. The molecule has 0 aliphatic carbocycles. The van der Waals surface area contributed by atoms with Gasteiger partial charge in [0.2, 0.25) is 5.91 Å². The summed E-state index contributed by atoms with van der Waals surface area (Å²) in [6.45, 7) is 8.76. The summed E-state index contributed by atoms with van der Waals surface area (Å²) in [6, 6.07) is 0. The zero-order valence-corrected chi connectivity index (χ0v) is 16.4. The van der Waals surface area contributed by atoms with Gasteiger partial charge in [0, 0.05) is 26.2 Å². The van der Waals surface area contributed by atoms with Crippen molar-refractivity contribution in [2.24, 2.45) is 5.73 Å². The summed E-state index contributed by atoms with van der Waals surface area (Å²) in [7, 11) is 2.05. The van der Waals surface area contributed by atoms with Crippen LogP contribution in [0.25, 0.3) is 0 Å². The van der Waals surface area contributed by atoms with Crippen molar-refractivity contribution in [2.45, 2.75) is 26.9 Å². The summed E-state index contributed by atoms with van der Waals surface area (Å²) in [5.41, 5.74) is 6.02. The number of esters is 1. The Morgan fingerprint density at radius 1 is 1.23 bits per heavy atom. The minimum atomic E-state index is -0.634. The van der Waals surface area contributed by atoms with Crippen molar-refractivity contribution >= 4 is 34.1 Å². The number of anilines is 1. The number of rotatable bonds is 6. The van der Waals surface area contributed by atoms with E-state index in [9.17, 15) is 14.4 Å². The van der Waals surface area contributed by atoms with Gasteiger partial charge in [-0.1, -0.05) is 0 Å². The Kier molecular flexibility index (Phi) is 6.74. The second-order valence-corrected chi connectivity index (χ2v) is 7.73. The number of likely N-dealkylation sites (N-methyl/N-ethyl adjacent to an activating group) is 1. The Labute approximate surface area is 157 Å². The van der Waals surface area contributed by atoms with Crippen molar-refractivity contribution < 1.29 is 19.1 Å². The van der Waals surface area contributed by atoms with Crippen molar-refractivity contribution in [2.75, 3.05) is 45.1 Å². The summed E-state index contributed by atoms with van der Waals surface area (Å²) in [6.07, 6.45) is -0.312. The van der Waals surface area contributed by atoms with Gasteiger partial charge in [0.15, 0.2) is 0 Å². The van der Waals surface area contributed by atoms with Crippen molar-refractivity contribution in [1.29, 1.82) is 0 Å². The number of piperazine rings is 1. The number of carbonyl (C=O) groups is 3. The number of ether oxygens (including phenoxy) is 1. The van der Waals surface area contributed by atoms with E-state index in [1.807, 2.05) is 7.05 Å². The zero-order valence-electron chi connectivity index (χ0n) is 15.6. The highest BCUT2D eigenvalue weighted by atomic mass is 32.1. The Bertz CT molecular complexity index is 693. The molecule has 2 amide bonds. The van der Waals surface area contributed by atoms with Crippen LogP contribution in [-0.4, -0.2) is 73.5 Å². The van der Waals surface area contributed by atoms with Crippen LogP contribution in [0, 0.1) is 6.92 Å². The lowest BCUT2D eigenvalue weighted by Crippen LogP contribution is -2.47. The summed E-state index contributed by atoms with van der Waals surface area (Å²) < 4.78 is 5.24. The Hall–Kier alpha value is -1.97. The van der Waals surface area contributed by atoms with Gasteiger partial charge in [-0.25, -0.2) is 4.79 Å². The number of nitrogens with two attached hydrogens (primary N) is 1. The summed E-state index contributed by atoms with van der Waals surface area (Å²) in [4.78, 5) is 41.0.